The Morgan fingerprint density at radius 2 is 1.82 bits per heavy atom. The molecule has 3 aromatic rings. The molecule has 2 fully saturated rings. The first-order chi connectivity index (χ1) is 13.8. The van der Waals surface area contributed by atoms with Gasteiger partial charge in [0.15, 0.2) is 5.82 Å². The summed E-state index contributed by atoms with van der Waals surface area (Å²) in [5.41, 5.74) is 0.921. The minimum absolute atomic E-state index is 0.0192. The van der Waals surface area contributed by atoms with Gasteiger partial charge in [0.25, 0.3) is 5.91 Å². The van der Waals surface area contributed by atoms with Crippen LogP contribution in [-0.4, -0.2) is 38.2 Å². The molecule has 1 saturated heterocycles. The second-order valence-electron chi connectivity index (χ2n) is 7.76. The topological polar surface area (TPSA) is 51.0 Å². The summed E-state index contributed by atoms with van der Waals surface area (Å²) >= 11 is 1.61. The lowest BCUT2D eigenvalue weighted by Gasteiger charge is -2.49. The van der Waals surface area contributed by atoms with Crippen LogP contribution in [0.15, 0.2) is 47.8 Å². The number of carbonyl (C=O) groups is 1. The van der Waals surface area contributed by atoms with Gasteiger partial charge in [0.2, 0.25) is 5.82 Å². The zero-order valence-corrected chi connectivity index (χ0v) is 16.6. The van der Waals surface area contributed by atoms with Gasteiger partial charge in [-0.05, 0) is 42.3 Å². The number of likely N-dealkylation sites (tertiary alicyclic amines) is 1. The number of rotatable bonds is 3. The minimum atomic E-state index is -0.0192. The highest BCUT2D eigenvalue weighted by atomic mass is 32.1. The molecule has 2 aromatic heterocycles. The van der Waals surface area contributed by atoms with Crippen LogP contribution in [0.5, 0.6) is 0 Å². The summed E-state index contributed by atoms with van der Waals surface area (Å²) in [7, 11) is 0. The Kier molecular flexibility index (Phi) is 4.72. The van der Waals surface area contributed by atoms with Crippen molar-refractivity contribution in [2.24, 2.45) is 5.92 Å². The Labute approximate surface area is 169 Å². The van der Waals surface area contributed by atoms with E-state index in [2.05, 4.69) is 10.1 Å². The third-order valence-electron chi connectivity index (χ3n) is 6.00. The van der Waals surface area contributed by atoms with E-state index in [1.165, 1.54) is 32.1 Å². The average Bonchev–Trinajstić information content (AvgIpc) is 3.37. The van der Waals surface area contributed by atoms with Gasteiger partial charge in [-0.1, -0.05) is 49.9 Å². The molecule has 0 N–H and O–H groups in total. The highest BCUT2D eigenvalue weighted by molar-refractivity contribution is 7.13. The lowest BCUT2D eigenvalue weighted by molar-refractivity contribution is 0.00336. The van der Waals surface area contributed by atoms with Gasteiger partial charge >= 0.3 is 0 Å². The van der Waals surface area contributed by atoms with E-state index in [1.807, 2.05) is 52.7 Å². The molecule has 1 aliphatic carbocycles. The van der Waals surface area contributed by atoms with Gasteiger partial charge in [-0.2, -0.15) is 0 Å². The van der Waals surface area contributed by atoms with Crippen LogP contribution in [0.3, 0.4) is 0 Å². The first-order valence-electron chi connectivity index (χ1n) is 10.2. The summed E-state index contributed by atoms with van der Waals surface area (Å²) in [6.07, 6.45) is 7.51. The number of carbonyl (C=O) groups excluding carboxylic acids is 1. The summed E-state index contributed by atoms with van der Waals surface area (Å²) in [5, 5.41) is 6.66. The van der Waals surface area contributed by atoms with Gasteiger partial charge in [-0.25, -0.2) is 9.67 Å². The highest BCUT2D eigenvalue weighted by Gasteiger charge is 2.42. The molecule has 0 radical (unpaired) electrons. The molecule has 5 rings (SSSR count). The van der Waals surface area contributed by atoms with Crippen LogP contribution in [0.4, 0.5) is 0 Å². The molecular formula is C22H24N4OS. The SMILES string of the molecule is O=C(c1nc(-c2cccs2)n(-c2ccccc2)n1)N1CC2CCCCCCC21. The van der Waals surface area contributed by atoms with Crippen molar-refractivity contribution in [2.75, 3.05) is 6.54 Å². The van der Waals surface area contributed by atoms with E-state index in [1.54, 1.807) is 16.0 Å². The van der Waals surface area contributed by atoms with Gasteiger partial charge in [-0.15, -0.1) is 16.4 Å². The minimum Gasteiger partial charge on any atom is -0.332 e. The summed E-state index contributed by atoms with van der Waals surface area (Å²) in [6, 6.07) is 14.3. The fraction of sp³-hybridized carbons (Fsp3) is 0.409. The molecule has 1 aromatic carbocycles. The smallest absolute Gasteiger partial charge is 0.293 e. The Bertz CT molecular complexity index is 950. The number of benzene rings is 1. The van der Waals surface area contributed by atoms with Crippen molar-refractivity contribution in [3.05, 3.63) is 53.7 Å². The molecule has 28 heavy (non-hydrogen) atoms. The quantitative estimate of drug-likeness (QED) is 0.644. The standard InChI is InChI=1S/C22H24N4OS/c27-22(25-15-16-9-4-1-2-7-12-18(16)25)20-23-21(19-13-8-14-28-19)26(24-20)17-10-5-3-6-11-17/h3,5-6,8,10-11,13-14,16,18H,1-2,4,7,9,12,15H2. The van der Waals surface area contributed by atoms with Crippen molar-refractivity contribution in [1.82, 2.24) is 19.7 Å². The molecule has 0 bridgehead atoms. The molecule has 1 aliphatic heterocycles. The summed E-state index contributed by atoms with van der Waals surface area (Å²) in [5.74, 6) is 1.69. The molecule has 2 aliphatic rings. The molecular weight excluding hydrogens is 368 g/mol. The second-order valence-corrected chi connectivity index (χ2v) is 8.71. The van der Waals surface area contributed by atoms with E-state index >= 15 is 0 Å². The van der Waals surface area contributed by atoms with Crippen molar-refractivity contribution >= 4 is 17.2 Å². The van der Waals surface area contributed by atoms with E-state index in [0.29, 0.717) is 17.8 Å². The van der Waals surface area contributed by atoms with Crippen LogP contribution in [0.1, 0.15) is 49.1 Å². The Hall–Kier alpha value is -2.47. The normalized spacial score (nSPS) is 22.1. The maximum atomic E-state index is 13.2. The fourth-order valence-corrected chi connectivity index (χ4v) is 5.19. The molecule has 0 spiro atoms. The van der Waals surface area contributed by atoms with Crippen molar-refractivity contribution in [3.8, 4) is 16.4 Å². The molecule has 6 heteroatoms. The zero-order valence-electron chi connectivity index (χ0n) is 15.8. The van der Waals surface area contributed by atoms with Crippen LogP contribution >= 0.6 is 11.3 Å². The van der Waals surface area contributed by atoms with Gasteiger partial charge in [0.05, 0.1) is 10.6 Å². The fourth-order valence-electron chi connectivity index (χ4n) is 4.49. The van der Waals surface area contributed by atoms with E-state index in [0.717, 1.165) is 29.4 Å². The second kappa shape index (κ2) is 7.51. The van der Waals surface area contributed by atoms with Crippen molar-refractivity contribution in [2.45, 2.75) is 44.6 Å². The third-order valence-corrected chi connectivity index (χ3v) is 6.87. The number of amides is 1. The van der Waals surface area contributed by atoms with E-state index in [4.69, 9.17) is 0 Å². The largest absolute Gasteiger partial charge is 0.332 e. The molecule has 144 valence electrons. The summed E-state index contributed by atoms with van der Waals surface area (Å²) < 4.78 is 1.80. The first kappa shape index (κ1) is 17.6. The van der Waals surface area contributed by atoms with Crippen LogP contribution in [-0.2, 0) is 0 Å². The molecule has 1 saturated carbocycles. The van der Waals surface area contributed by atoms with Crippen LogP contribution in [0.25, 0.3) is 16.4 Å². The molecule has 5 nitrogen and oxygen atoms in total. The van der Waals surface area contributed by atoms with Gasteiger partial charge < -0.3 is 4.90 Å². The zero-order chi connectivity index (χ0) is 18.9. The Morgan fingerprint density at radius 1 is 1.00 bits per heavy atom. The van der Waals surface area contributed by atoms with Crippen molar-refractivity contribution in [3.63, 3.8) is 0 Å². The predicted molar refractivity (Wildman–Crippen MR) is 111 cm³/mol. The van der Waals surface area contributed by atoms with Gasteiger partial charge in [-0.3, -0.25) is 4.79 Å². The first-order valence-corrected chi connectivity index (χ1v) is 11.1. The van der Waals surface area contributed by atoms with Crippen molar-refractivity contribution < 1.29 is 4.79 Å². The van der Waals surface area contributed by atoms with E-state index in [-0.39, 0.29) is 5.91 Å². The summed E-state index contributed by atoms with van der Waals surface area (Å²) in [6.45, 7) is 0.859. The predicted octanol–water partition coefficient (Wildman–Crippen LogP) is 4.79. The molecule has 3 heterocycles. The molecule has 1 amide bonds. The van der Waals surface area contributed by atoms with E-state index in [9.17, 15) is 4.79 Å². The number of para-hydroxylation sites is 1. The average molecular weight is 393 g/mol. The number of hydrogen-bond acceptors (Lipinski definition) is 4. The number of nitrogens with zero attached hydrogens (tertiary/aromatic N) is 4. The lowest BCUT2D eigenvalue weighted by Crippen LogP contribution is -2.59. The van der Waals surface area contributed by atoms with Crippen molar-refractivity contribution in [1.29, 1.82) is 0 Å². The Morgan fingerprint density at radius 3 is 2.61 bits per heavy atom. The van der Waals surface area contributed by atoms with Gasteiger partial charge in [0.1, 0.15) is 0 Å². The van der Waals surface area contributed by atoms with Crippen LogP contribution in [0.2, 0.25) is 0 Å². The number of hydrogen-bond donors (Lipinski definition) is 0. The number of fused-ring (bicyclic) bond motifs is 1. The number of thiophene rings is 1. The molecule has 2 atom stereocenters. The van der Waals surface area contributed by atoms with Crippen LogP contribution < -0.4 is 0 Å². The number of aromatic nitrogens is 3. The van der Waals surface area contributed by atoms with E-state index < -0.39 is 0 Å². The lowest BCUT2D eigenvalue weighted by atomic mass is 9.79. The highest BCUT2D eigenvalue weighted by Crippen LogP contribution is 2.36. The summed E-state index contributed by atoms with van der Waals surface area (Å²) in [4.78, 5) is 20.9. The Balaban J connectivity index is 1.46. The monoisotopic (exact) mass is 392 g/mol. The maximum Gasteiger partial charge on any atom is 0.293 e. The molecule has 2 unspecified atom stereocenters. The van der Waals surface area contributed by atoms with Crippen LogP contribution in [0, 0.1) is 5.92 Å². The maximum absolute atomic E-state index is 13.2. The van der Waals surface area contributed by atoms with Gasteiger partial charge in [0, 0.05) is 12.6 Å². The third kappa shape index (κ3) is 3.15.